The van der Waals surface area contributed by atoms with Gasteiger partial charge in [-0.2, -0.15) is 0 Å². The van der Waals surface area contributed by atoms with Crippen molar-refractivity contribution in [1.82, 2.24) is 9.97 Å². The van der Waals surface area contributed by atoms with Gasteiger partial charge in [-0.05, 0) is 6.92 Å². The summed E-state index contributed by atoms with van der Waals surface area (Å²) in [4.78, 5) is 7.92. The smallest absolute Gasteiger partial charge is 0.144 e. The van der Waals surface area contributed by atoms with E-state index in [1.54, 1.807) is 18.6 Å². The highest BCUT2D eigenvalue weighted by Gasteiger charge is 1.93. The lowest BCUT2D eigenvalue weighted by Gasteiger charge is -2.06. The first kappa shape index (κ1) is 7.94. The summed E-state index contributed by atoms with van der Waals surface area (Å²) in [5.74, 6) is 0.768. The van der Waals surface area contributed by atoms with Crippen LogP contribution in [0.2, 0.25) is 0 Å². The Balaban J connectivity index is 2.39. The Kier molecular flexibility index (Phi) is 2.80. The van der Waals surface area contributed by atoms with Crippen LogP contribution in [0.25, 0.3) is 0 Å². The maximum absolute atomic E-state index is 5.53. The van der Waals surface area contributed by atoms with Gasteiger partial charge in [-0.15, -0.1) is 0 Å². The van der Waals surface area contributed by atoms with E-state index < -0.39 is 0 Å². The Labute approximate surface area is 65.9 Å². The third-order valence-electron chi connectivity index (χ3n) is 1.17. The number of hydrogen-bond acceptors (Lipinski definition) is 4. The standard InChI is InChI=1S/C7H12N4/c1-6(8)4-11-7-5-9-2-3-10-7/h2-3,5-6H,4,8H2,1H3,(H,10,11). The van der Waals surface area contributed by atoms with E-state index in [-0.39, 0.29) is 6.04 Å². The van der Waals surface area contributed by atoms with Crippen LogP contribution in [0.1, 0.15) is 6.92 Å². The van der Waals surface area contributed by atoms with Crippen LogP contribution >= 0.6 is 0 Å². The molecular formula is C7H12N4. The fraction of sp³-hybridized carbons (Fsp3) is 0.429. The van der Waals surface area contributed by atoms with Gasteiger partial charge in [0.25, 0.3) is 0 Å². The summed E-state index contributed by atoms with van der Waals surface area (Å²) >= 11 is 0. The molecule has 0 fully saturated rings. The van der Waals surface area contributed by atoms with E-state index >= 15 is 0 Å². The average Bonchev–Trinajstić information content (AvgIpc) is 2.03. The summed E-state index contributed by atoms with van der Waals surface area (Å²) in [7, 11) is 0. The van der Waals surface area contributed by atoms with Crippen LogP contribution in [0, 0.1) is 0 Å². The van der Waals surface area contributed by atoms with Crippen molar-refractivity contribution in [3.63, 3.8) is 0 Å². The summed E-state index contributed by atoms with van der Waals surface area (Å²) < 4.78 is 0. The first-order valence-electron chi connectivity index (χ1n) is 3.54. The molecule has 4 heteroatoms. The maximum Gasteiger partial charge on any atom is 0.144 e. The SMILES string of the molecule is CC(N)CNc1cnccn1. The summed E-state index contributed by atoms with van der Waals surface area (Å²) in [6.07, 6.45) is 4.95. The second-order valence-electron chi connectivity index (χ2n) is 2.45. The molecule has 0 amide bonds. The van der Waals surface area contributed by atoms with Crippen molar-refractivity contribution in [1.29, 1.82) is 0 Å². The first-order valence-corrected chi connectivity index (χ1v) is 3.54. The monoisotopic (exact) mass is 152 g/mol. The molecule has 4 nitrogen and oxygen atoms in total. The van der Waals surface area contributed by atoms with E-state index in [9.17, 15) is 0 Å². The number of nitrogens with one attached hydrogen (secondary N) is 1. The molecule has 0 aliphatic rings. The van der Waals surface area contributed by atoms with Crippen molar-refractivity contribution in [3.05, 3.63) is 18.6 Å². The lowest BCUT2D eigenvalue weighted by molar-refractivity contribution is 0.776. The predicted octanol–water partition coefficient (Wildman–Crippen LogP) is 0.236. The van der Waals surface area contributed by atoms with Crippen molar-refractivity contribution in [2.75, 3.05) is 11.9 Å². The van der Waals surface area contributed by atoms with Crippen LogP contribution in [0.5, 0.6) is 0 Å². The second kappa shape index (κ2) is 3.88. The minimum Gasteiger partial charge on any atom is -0.367 e. The molecule has 0 radical (unpaired) electrons. The Bertz CT molecular complexity index is 197. The maximum atomic E-state index is 5.53. The molecule has 0 aliphatic heterocycles. The van der Waals surface area contributed by atoms with E-state index in [2.05, 4.69) is 15.3 Å². The van der Waals surface area contributed by atoms with Gasteiger partial charge in [-0.3, -0.25) is 4.98 Å². The summed E-state index contributed by atoms with van der Waals surface area (Å²) in [6.45, 7) is 2.65. The highest BCUT2D eigenvalue weighted by atomic mass is 15.0. The molecule has 1 aromatic heterocycles. The van der Waals surface area contributed by atoms with Gasteiger partial charge in [-0.25, -0.2) is 4.98 Å². The molecule has 60 valence electrons. The van der Waals surface area contributed by atoms with Crippen LogP contribution in [-0.4, -0.2) is 22.6 Å². The molecule has 1 atom stereocenters. The van der Waals surface area contributed by atoms with E-state index in [4.69, 9.17) is 5.73 Å². The normalized spacial score (nSPS) is 12.5. The molecule has 0 bridgehead atoms. The third kappa shape index (κ3) is 2.95. The Hall–Kier alpha value is -1.16. The van der Waals surface area contributed by atoms with Crippen molar-refractivity contribution >= 4 is 5.82 Å². The molecule has 0 saturated heterocycles. The molecule has 1 aromatic rings. The molecule has 11 heavy (non-hydrogen) atoms. The van der Waals surface area contributed by atoms with E-state index in [0.717, 1.165) is 12.4 Å². The van der Waals surface area contributed by atoms with Gasteiger partial charge in [0.05, 0.1) is 6.20 Å². The minimum atomic E-state index is 0.136. The quantitative estimate of drug-likeness (QED) is 0.651. The van der Waals surface area contributed by atoms with Gasteiger partial charge >= 0.3 is 0 Å². The summed E-state index contributed by atoms with van der Waals surface area (Å²) in [5, 5.41) is 3.05. The van der Waals surface area contributed by atoms with Gasteiger partial charge in [0.2, 0.25) is 0 Å². The highest BCUT2D eigenvalue weighted by Crippen LogP contribution is 1.95. The predicted molar refractivity (Wildman–Crippen MR) is 44.2 cm³/mol. The molecule has 3 N–H and O–H groups in total. The highest BCUT2D eigenvalue weighted by molar-refractivity contribution is 5.29. The lowest BCUT2D eigenvalue weighted by Crippen LogP contribution is -2.25. The summed E-state index contributed by atoms with van der Waals surface area (Å²) in [5.41, 5.74) is 5.53. The molecule has 1 unspecified atom stereocenters. The number of nitrogens with two attached hydrogens (primary N) is 1. The minimum absolute atomic E-state index is 0.136. The Morgan fingerprint density at radius 3 is 3.00 bits per heavy atom. The molecule has 1 rings (SSSR count). The van der Waals surface area contributed by atoms with Crippen LogP contribution < -0.4 is 11.1 Å². The van der Waals surface area contributed by atoms with Crippen molar-refractivity contribution < 1.29 is 0 Å². The van der Waals surface area contributed by atoms with Crippen molar-refractivity contribution in [3.8, 4) is 0 Å². The molecule has 0 saturated carbocycles. The van der Waals surface area contributed by atoms with Crippen LogP contribution in [0.15, 0.2) is 18.6 Å². The number of anilines is 1. The number of aromatic nitrogens is 2. The second-order valence-corrected chi connectivity index (χ2v) is 2.45. The fourth-order valence-corrected chi connectivity index (χ4v) is 0.656. The van der Waals surface area contributed by atoms with Crippen LogP contribution in [0.3, 0.4) is 0 Å². The Morgan fingerprint density at radius 1 is 1.64 bits per heavy atom. The molecule has 0 aliphatic carbocycles. The Morgan fingerprint density at radius 2 is 2.45 bits per heavy atom. The molecule has 0 spiro atoms. The zero-order valence-corrected chi connectivity index (χ0v) is 6.49. The summed E-state index contributed by atoms with van der Waals surface area (Å²) in [6, 6.07) is 0.136. The van der Waals surface area contributed by atoms with E-state index in [0.29, 0.717) is 0 Å². The zero-order valence-electron chi connectivity index (χ0n) is 6.49. The molecule has 1 heterocycles. The first-order chi connectivity index (χ1) is 5.29. The van der Waals surface area contributed by atoms with E-state index in [1.807, 2.05) is 6.92 Å². The average molecular weight is 152 g/mol. The zero-order chi connectivity index (χ0) is 8.10. The number of rotatable bonds is 3. The van der Waals surface area contributed by atoms with Crippen molar-refractivity contribution in [2.45, 2.75) is 13.0 Å². The van der Waals surface area contributed by atoms with Gasteiger partial charge < -0.3 is 11.1 Å². The van der Waals surface area contributed by atoms with E-state index in [1.165, 1.54) is 0 Å². The van der Waals surface area contributed by atoms with Crippen LogP contribution in [-0.2, 0) is 0 Å². The topological polar surface area (TPSA) is 63.8 Å². The van der Waals surface area contributed by atoms with Gasteiger partial charge in [0, 0.05) is 25.0 Å². The number of nitrogens with zero attached hydrogens (tertiary/aromatic N) is 2. The van der Waals surface area contributed by atoms with Gasteiger partial charge in [0.15, 0.2) is 0 Å². The number of hydrogen-bond donors (Lipinski definition) is 2. The van der Waals surface area contributed by atoms with Crippen LogP contribution in [0.4, 0.5) is 5.82 Å². The fourth-order valence-electron chi connectivity index (χ4n) is 0.656. The molecular weight excluding hydrogens is 140 g/mol. The van der Waals surface area contributed by atoms with Gasteiger partial charge in [0.1, 0.15) is 5.82 Å². The third-order valence-corrected chi connectivity index (χ3v) is 1.17. The molecule has 0 aromatic carbocycles. The van der Waals surface area contributed by atoms with Crippen molar-refractivity contribution in [2.24, 2.45) is 5.73 Å². The van der Waals surface area contributed by atoms with Gasteiger partial charge in [-0.1, -0.05) is 0 Å². The lowest BCUT2D eigenvalue weighted by atomic mass is 10.4. The largest absolute Gasteiger partial charge is 0.367 e.